The number of fused-ring (bicyclic) bond motifs is 1. The molecule has 0 atom stereocenters. The molecule has 0 fully saturated rings. The number of nitrogens with zero attached hydrogens (tertiary/aromatic N) is 4. The molecule has 0 saturated heterocycles. The minimum Gasteiger partial charge on any atom is -0.366 e. The molecule has 6 heteroatoms. The van der Waals surface area contributed by atoms with Gasteiger partial charge in [-0.3, -0.25) is 0 Å². The van der Waals surface area contributed by atoms with Crippen LogP contribution in [0.5, 0.6) is 0 Å². The Balaban J connectivity index is 1.99. The standard InChI is InChI=1S/C15H16FN5/c1-10(2)18-15-14-13(7-8-17-15)21(20-19-14)9-11-5-3-4-6-12(11)16/h3-8,10H,9H2,1-2H3,(H,17,18). The zero-order chi connectivity index (χ0) is 14.8. The topological polar surface area (TPSA) is 55.6 Å². The van der Waals surface area contributed by atoms with Crippen molar-refractivity contribution in [2.45, 2.75) is 26.4 Å². The van der Waals surface area contributed by atoms with Gasteiger partial charge >= 0.3 is 0 Å². The first kappa shape index (κ1) is 13.5. The van der Waals surface area contributed by atoms with Crippen LogP contribution in [0.15, 0.2) is 36.5 Å². The molecule has 3 rings (SSSR count). The second kappa shape index (κ2) is 5.47. The van der Waals surface area contributed by atoms with Crippen LogP contribution in [0.2, 0.25) is 0 Å². The van der Waals surface area contributed by atoms with Crippen molar-refractivity contribution in [1.82, 2.24) is 20.0 Å². The molecule has 108 valence electrons. The molecular weight excluding hydrogens is 269 g/mol. The summed E-state index contributed by atoms with van der Waals surface area (Å²) in [7, 11) is 0. The van der Waals surface area contributed by atoms with Crippen LogP contribution in [0.25, 0.3) is 11.0 Å². The van der Waals surface area contributed by atoms with Crippen molar-refractivity contribution in [3.8, 4) is 0 Å². The van der Waals surface area contributed by atoms with E-state index in [4.69, 9.17) is 0 Å². The van der Waals surface area contributed by atoms with E-state index in [1.165, 1.54) is 6.07 Å². The first-order valence-corrected chi connectivity index (χ1v) is 6.83. The lowest BCUT2D eigenvalue weighted by molar-refractivity contribution is 0.583. The maximum atomic E-state index is 13.7. The molecule has 0 radical (unpaired) electrons. The van der Waals surface area contributed by atoms with E-state index in [2.05, 4.69) is 20.6 Å². The van der Waals surface area contributed by atoms with E-state index in [1.807, 2.05) is 26.0 Å². The molecule has 21 heavy (non-hydrogen) atoms. The van der Waals surface area contributed by atoms with Gasteiger partial charge < -0.3 is 5.32 Å². The molecule has 5 nitrogen and oxygen atoms in total. The predicted octanol–water partition coefficient (Wildman–Crippen LogP) is 2.83. The molecule has 0 spiro atoms. The van der Waals surface area contributed by atoms with Crippen molar-refractivity contribution in [1.29, 1.82) is 0 Å². The zero-order valence-electron chi connectivity index (χ0n) is 11.9. The fourth-order valence-corrected chi connectivity index (χ4v) is 2.18. The predicted molar refractivity (Wildman–Crippen MR) is 79.6 cm³/mol. The second-order valence-corrected chi connectivity index (χ2v) is 5.16. The third-order valence-corrected chi connectivity index (χ3v) is 3.14. The highest BCUT2D eigenvalue weighted by atomic mass is 19.1. The first-order chi connectivity index (χ1) is 10.1. The number of rotatable bonds is 4. The third-order valence-electron chi connectivity index (χ3n) is 3.14. The number of hydrogen-bond donors (Lipinski definition) is 1. The summed E-state index contributed by atoms with van der Waals surface area (Å²) >= 11 is 0. The molecule has 1 aromatic carbocycles. The maximum absolute atomic E-state index is 13.7. The number of aromatic nitrogens is 4. The lowest BCUT2D eigenvalue weighted by Gasteiger charge is -2.09. The maximum Gasteiger partial charge on any atom is 0.156 e. The minimum absolute atomic E-state index is 0.240. The normalized spacial score (nSPS) is 11.2. The fraction of sp³-hybridized carbons (Fsp3) is 0.267. The van der Waals surface area contributed by atoms with Crippen molar-refractivity contribution < 1.29 is 4.39 Å². The van der Waals surface area contributed by atoms with Crippen molar-refractivity contribution in [2.24, 2.45) is 0 Å². The first-order valence-electron chi connectivity index (χ1n) is 6.83. The summed E-state index contributed by atoms with van der Waals surface area (Å²) in [4.78, 5) is 4.28. The zero-order valence-corrected chi connectivity index (χ0v) is 11.9. The van der Waals surface area contributed by atoms with Crippen LogP contribution in [-0.4, -0.2) is 26.0 Å². The van der Waals surface area contributed by atoms with Gasteiger partial charge in [0.05, 0.1) is 12.1 Å². The number of pyridine rings is 1. The van der Waals surface area contributed by atoms with Crippen LogP contribution >= 0.6 is 0 Å². The van der Waals surface area contributed by atoms with E-state index in [1.54, 1.807) is 23.0 Å². The fourth-order valence-electron chi connectivity index (χ4n) is 2.18. The average molecular weight is 285 g/mol. The van der Waals surface area contributed by atoms with Gasteiger partial charge in [-0.25, -0.2) is 14.1 Å². The van der Waals surface area contributed by atoms with Gasteiger partial charge in [0.2, 0.25) is 0 Å². The third kappa shape index (κ3) is 2.69. The molecule has 0 aliphatic heterocycles. The van der Waals surface area contributed by atoms with Gasteiger partial charge in [0, 0.05) is 17.8 Å². The van der Waals surface area contributed by atoms with Crippen LogP contribution in [-0.2, 0) is 6.54 Å². The molecule has 0 aliphatic carbocycles. The Labute approximate surface area is 121 Å². The molecule has 0 unspecified atom stereocenters. The van der Waals surface area contributed by atoms with Gasteiger partial charge in [-0.05, 0) is 26.0 Å². The van der Waals surface area contributed by atoms with Crippen molar-refractivity contribution in [3.63, 3.8) is 0 Å². The molecule has 0 bridgehead atoms. The quantitative estimate of drug-likeness (QED) is 0.801. The highest BCUT2D eigenvalue weighted by molar-refractivity contribution is 5.85. The highest BCUT2D eigenvalue weighted by Gasteiger charge is 2.12. The second-order valence-electron chi connectivity index (χ2n) is 5.16. The van der Waals surface area contributed by atoms with Crippen LogP contribution in [0.1, 0.15) is 19.4 Å². The summed E-state index contributed by atoms with van der Waals surface area (Å²) in [6.45, 7) is 4.41. The Morgan fingerprint density at radius 1 is 1.24 bits per heavy atom. The molecule has 0 aliphatic rings. The van der Waals surface area contributed by atoms with Crippen LogP contribution in [0, 0.1) is 5.82 Å². The van der Waals surface area contributed by atoms with Crippen LogP contribution < -0.4 is 5.32 Å². The van der Waals surface area contributed by atoms with E-state index in [0.717, 1.165) is 5.52 Å². The van der Waals surface area contributed by atoms with Gasteiger partial charge in [-0.2, -0.15) is 0 Å². The van der Waals surface area contributed by atoms with Gasteiger partial charge in [0.15, 0.2) is 11.3 Å². The van der Waals surface area contributed by atoms with E-state index < -0.39 is 0 Å². The summed E-state index contributed by atoms with van der Waals surface area (Å²) < 4.78 is 15.4. The SMILES string of the molecule is CC(C)Nc1nccc2c1nnn2Cc1ccccc1F. The molecular formula is C15H16FN5. The number of halogens is 1. The van der Waals surface area contributed by atoms with Gasteiger partial charge in [0.25, 0.3) is 0 Å². The molecule has 2 heterocycles. The Hall–Kier alpha value is -2.50. The van der Waals surface area contributed by atoms with Crippen LogP contribution in [0.3, 0.4) is 0 Å². The van der Waals surface area contributed by atoms with Gasteiger partial charge in [0.1, 0.15) is 5.82 Å². The van der Waals surface area contributed by atoms with Crippen LogP contribution in [0.4, 0.5) is 10.2 Å². The number of benzene rings is 1. The lowest BCUT2D eigenvalue weighted by Crippen LogP contribution is -2.11. The van der Waals surface area contributed by atoms with E-state index in [0.29, 0.717) is 23.4 Å². The molecule has 2 aromatic heterocycles. The number of anilines is 1. The van der Waals surface area contributed by atoms with Crippen molar-refractivity contribution >= 4 is 16.9 Å². The number of hydrogen-bond acceptors (Lipinski definition) is 4. The summed E-state index contributed by atoms with van der Waals surface area (Å²) in [6.07, 6.45) is 1.70. The highest BCUT2D eigenvalue weighted by Crippen LogP contribution is 2.20. The smallest absolute Gasteiger partial charge is 0.156 e. The lowest BCUT2D eigenvalue weighted by atomic mass is 10.2. The molecule has 1 N–H and O–H groups in total. The summed E-state index contributed by atoms with van der Waals surface area (Å²) in [5, 5.41) is 11.5. The summed E-state index contributed by atoms with van der Waals surface area (Å²) in [5.74, 6) is 0.456. The van der Waals surface area contributed by atoms with Crippen molar-refractivity contribution in [2.75, 3.05) is 5.32 Å². The van der Waals surface area contributed by atoms with Gasteiger partial charge in [-0.1, -0.05) is 23.4 Å². The molecule has 0 amide bonds. The Bertz CT molecular complexity index is 766. The molecule has 0 saturated carbocycles. The van der Waals surface area contributed by atoms with Crippen molar-refractivity contribution in [3.05, 3.63) is 47.9 Å². The largest absolute Gasteiger partial charge is 0.366 e. The average Bonchev–Trinajstić information content (AvgIpc) is 2.85. The molecule has 3 aromatic rings. The number of nitrogens with one attached hydrogen (secondary N) is 1. The Morgan fingerprint density at radius 3 is 2.81 bits per heavy atom. The Morgan fingerprint density at radius 2 is 2.05 bits per heavy atom. The monoisotopic (exact) mass is 285 g/mol. The van der Waals surface area contributed by atoms with E-state index in [9.17, 15) is 4.39 Å². The van der Waals surface area contributed by atoms with Gasteiger partial charge in [-0.15, -0.1) is 5.10 Å². The van der Waals surface area contributed by atoms with E-state index >= 15 is 0 Å². The summed E-state index contributed by atoms with van der Waals surface area (Å²) in [6, 6.07) is 8.76. The van der Waals surface area contributed by atoms with E-state index in [-0.39, 0.29) is 11.9 Å². The summed E-state index contributed by atoms with van der Waals surface area (Å²) in [5.41, 5.74) is 2.11. The minimum atomic E-state index is -0.240. The Kier molecular flexibility index (Phi) is 3.51.